The van der Waals surface area contributed by atoms with Gasteiger partial charge < -0.3 is 25.5 Å². The number of nitrogens with one attached hydrogen (secondary N) is 4. The predicted octanol–water partition coefficient (Wildman–Crippen LogP) is 8.17. The highest BCUT2D eigenvalue weighted by Gasteiger charge is 2.32. The standard InChI is InChI=1S/C35H25F3N6O2/c1-20-18-44(19-39-20)28-13-22(11-23(14-28)35(36,37)38)33(45)42-25-7-4-6-24(15-25)40-26-9-10-29-30(34(46)43-32(29)17-26)16-27-12-21-5-2-3-8-31(21)41-27/h2-19,40-41H,1H3,(H,42,45)(H,43,46)/b30-16-. The van der Waals surface area contributed by atoms with Gasteiger partial charge in [-0.3, -0.25) is 9.59 Å². The summed E-state index contributed by atoms with van der Waals surface area (Å²) in [6.07, 6.45) is 0.154. The molecule has 0 atom stereocenters. The molecule has 7 rings (SSSR count). The number of halogens is 3. The van der Waals surface area contributed by atoms with E-state index in [0.717, 1.165) is 34.3 Å². The highest BCUT2D eigenvalue weighted by atomic mass is 19.4. The molecule has 3 heterocycles. The maximum atomic E-state index is 13.7. The molecular formula is C35H25F3N6O2. The number of anilines is 4. The van der Waals surface area contributed by atoms with Gasteiger partial charge in [0.25, 0.3) is 11.8 Å². The summed E-state index contributed by atoms with van der Waals surface area (Å²) in [4.78, 5) is 33.4. The van der Waals surface area contributed by atoms with Crippen molar-refractivity contribution < 1.29 is 22.8 Å². The van der Waals surface area contributed by atoms with Crippen molar-refractivity contribution in [2.75, 3.05) is 16.0 Å². The Bertz CT molecular complexity index is 2160. The summed E-state index contributed by atoms with van der Waals surface area (Å²) >= 11 is 0. The van der Waals surface area contributed by atoms with E-state index in [2.05, 4.69) is 25.9 Å². The number of rotatable bonds is 6. The Labute approximate surface area is 260 Å². The summed E-state index contributed by atoms with van der Waals surface area (Å²) < 4.78 is 42.5. The van der Waals surface area contributed by atoms with Crippen LogP contribution in [0.4, 0.5) is 35.9 Å². The van der Waals surface area contributed by atoms with E-state index in [1.807, 2.05) is 54.6 Å². The molecular weight excluding hydrogens is 593 g/mol. The fourth-order valence-electron chi connectivity index (χ4n) is 5.41. The largest absolute Gasteiger partial charge is 0.416 e. The Morgan fingerprint density at radius 3 is 2.50 bits per heavy atom. The third-order valence-electron chi connectivity index (χ3n) is 7.58. The van der Waals surface area contributed by atoms with E-state index in [1.165, 1.54) is 17.0 Å². The van der Waals surface area contributed by atoms with Crippen molar-refractivity contribution in [1.82, 2.24) is 14.5 Å². The van der Waals surface area contributed by atoms with Crippen LogP contribution in [0.15, 0.2) is 104 Å². The first-order valence-electron chi connectivity index (χ1n) is 14.3. The number of aryl methyl sites for hydroxylation is 1. The van der Waals surface area contributed by atoms with Crippen molar-refractivity contribution in [1.29, 1.82) is 0 Å². The molecule has 0 spiro atoms. The van der Waals surface area contributed by atoms with Gasteiger partial charge in [-0.25, -0.2) is 4.98 Å². The topological polar surface area (TPSA) is 104 Å². The van der Waals surface area contributed by atoms with Crippen LogP contribution in [0.25, 0.3) is 28.2 Å². The van der Waals surface area contributed by atoms with E-state index < -0.39 is 17.6 Å². The number of carbonyl (C=O) groups is 2. The molecule has 0 bridgehead atoms. The molecule has 0 unspecified atom stereocenters. The lowest BCUT2D eigenvalue weighted by Gasteiger charge is -2.14. The SMILES string of the molecule is Cc1cn(-c2cc(C(=O)Nc3cccc(Nc4ccc5c(c4)NC(=O)/C5=C\c4cc5ccccc5[nH]4)c3)cc(C(F)(F)F)c2)cn1. The number of benzene rings is 4. The zero-order valence-electron chi connectivity index (χ0n) is 24.2. The lowest BCUT2D eigenvalue weighted by atomic mass is 10.1. The molecule has 0 aliphatic carbocycles. The van der Waals surface area contributed by atoms with E-state index in [9.17, 15) is 22.8 Å². The molecule has 2 amide bonds. The molecule has 6 aromatic rings. The van der Waals surface area contributed by atoms with Gasteiger partial charge >= 0.3 is 6.18 Å². The second-order valence-electron chi connectivity index (χ2n) is 10.9. The third kappa shape index (κ3) is 5.73. The number of H-pyrrole nitrogens is 1. The summed E-state index contributed by atoms with van der Waals surface area (Å²) in [5.41, 5.74) is 5.14. The van der Waals surface area contributed by atoms with Gasteiger partial charge in [0.1, 0.15) is 0 Å². The molecule has 11 heteroatoms. The van der Waals surface area contributed by atoms with Crippen molar-refractivity contribution in [3.05, 3.63) is 132 Å². The van der Waals surface area contributed by atoms with Crippen LogP contribution < -0.4 is 16.0 Å². The van der Waals surface area contributed by atoms with Crippen LogP contribution in [0.5, 0.6) is 0 Å². The van der Waals surface area contributed by atoms with Gasteiger partial charge in [-0.1, -0.05) is 30.3 Å². The zero-order valence-corrected chi connectivity index (χ0v) is 24.2. The lowest BCUT2D eigenvalue weighted by molar-refractivity contribution is -0.137. The average molecular weight is 619 g/mol. The summed E-state index contributed by atoms with van der Waals surface area (Å²) in [5, 5.41) is 9.92. The quantitative estimate of drug-likeness (QED) is 0.141. The number of aromatic nitrogens is 3. The smallest absolute Gasteiger partial charge is 0.355 e. The van der Waals surface area contributed by atoms with Gasteiger partial charge in [-0.15, -0.1) is 0 Å². The van der Waals surface area contributed by atoms with E-state index in [-0.39, 0.29) is 17.2 Å². The normalized spacial score (nSPS) is 13.6. The Hall–Kier alpha value is -6.10. The summed E-state index contributed by atoms with van der Waals surface area (Å²) in [7, 11) is 0. The van der Waals surface area contributed by atoms with Crippen LogP contribution in [0.2, 0.25) is 0 Å². The summed E-state index contributed by atoms with van der Waals surface area (Å²) in [6.45, 7) is 1.72. The van der Waals surface area contributed by atoms with Crippen LogP contribution >= 0.6 is 0 Å². The van der Waals surface area contributed by atoms with Crippen LogP contribution in [0, 0.1) is 6.92 Å². The van der Waals surface area contributed by atoms with E-state index >= 15 is 0 Å². The number of aromatic amines is 1. The fourth-order valence-corrected chi connectivity index (χ4v) is 5.41. The highest BCUT2D eigenvalue weighted by molar-refractivity contribution is 6.35. The molecule has 4 aromatic carbocycles. The van der Waals surface area contributed by atoms with Crippen molar-refractivity contribution in [2.24, 2.45) is 0 Å². The number of amides is 2. The van der Waals surface area contributed by atoms with Crippen molar-refractivity contribution in [3.8, 4) is 5.69 Å². The first kappa shape index (κ1) is 28.7. The van der Waals surface area contributed by atoms with Crippen LogP contribution in [0.3, 0.4) is 0 Å². The Morgan fingerprint density at radius 2 is 1.72 bits per heavy atom. The molecule has 0 saturated carbocycles. The van der Waals surface area contributed by atoms with Crippen LogP contribution in [-0.2, 0) is 11.0 Å². The third-order valence-corrected chi connectivity index (χ3v) is 7.58. The van der Waals surface area contributed by atoms with Crippen molar-refractivity contribution in [3.63, 3.8) is 0 Å². The van der Waals surface area contributed by atoms with Crippen molar-refractivity contribution in [2.45, 2.75) is 13.1 Å². The zero-order chi connectivity index (χ0) is 32.0. The summed E-state index contributed by atoms with van der Waals surface area (Å²) in [6, 6.07) is 25.3. The average Bonchev–Trinajstić information content (AvgIpc) is 3.73. The van der Waals surface area contributed by atoms with Gasteiger partial charge in [-0.2, -0.15) is 13.2 Å². The number of para-hydroxylation sites is 1. The second-order valence-corrected chi connectivity index (χ2v) is 10.9. The van der Waals surface area contributed by atoms with Gasteiger partial charge in [-0.05, 0) is 79.0 Å². The Kier molecular flexibility index (Phi) is 6.93. The number of hydrogen-bond donors (Lipinski definition) is 4. The maximum absolute atomic E-state index is 13.7. The second kappa shape index (κ2) is 11.1. The van der Waals surface area contributed by atoms with E-state index in [0.29, 0.717) is 34.0 Å². The molecule has 46 heavy (non-hydrogen) atoms. The van der Waals surface area contributed by atoms with Crippen LogP contribution in [0.1, 0.15) is 32.9 Å². The maximum Gasteiger partial charge on any atom is 0.416 e. The van der Waals surface area contributed by atoms with Gasteiger partial charge in [0.05, 0.1) is 28.8 Å². The molecule has 4 N–H and O–H groups in total. The number of nitrogens with zero attached hydrogens (tertiary/aromatic N) is 2. The molecule has 0 saturated heterocycles. The number of hydrogen-bond acceptors (Lipinski definition) is 4. The van der Waals surface area contributed by atoms with Crippen molar-refractivity contribution >= 4 is 57.1 Å². The van der Waals surface area contributed by atoms with E-state index in [1.54, 1.807) is 37.4 Å². The van der Waals surface area contributed by atoms with Gasteiger partial charge in [0, 0.05) is 51.3 Å². The van der Waals surface area contributed by atoms with Gasteiger partial charge in [0.15, 0.2) is 0 Å². The predicted molar refractivity (Wildman–Crippen MR) is 172 cm³/mol. The fraction of sp³-hybridized carbons (Fsp3) is 0.0571. The molecule has 0 fully saturated rings. The molecule has 2 aromatic heterocycles. The highest BCUT2D eigenvalue weighted by Crippen LogP contribution is 2.36. The number of alkyl halides is 3. The minimum absolute atomic E-state index is 0.153. The Morgan fingerprint density at radius 1 is 0.913 bits per heavy atom. The molecule has 1 aliphatic heterocycles. The molecule has 0 radical (unpaired) electrons. The Balaban J connectivity index is 1.10. The van der Waals surface area contributed by atoms with Crippen LogP contribution in [-0.4, -0.2) is 26.3 Å². The monoisotopic (exact) mass is 618 g/mol. The number of carbonyl (C=O) groups excluding carboxylic acids is 2. The number of fused-ring (bicyclic) bond motifs is 2. The van der Waals surface area contributed by atoms with Gasteiger partial charge in [0.2, 0.25) is 0 Å². The first-order valence-corrected chi connectivity index (χ1v) is 14.3. The number of imidazole rings is 1. The molecule has 8 nitrogen and oxygen atoms in total. The molecule has 228 valence electrons. The lowest BCUT2D eigenvalue weighted by Crippen LogP contribution is -2.15. The summed E-state index contributed by atoms with van der Waals surface area (Å²) in [5.74, 6) is -0.910. The minimum atomic E-state index is -4.65. The van der Waals surface area contributed by atoms with E-state index in [4.69, 9.17) is 0 Å². The molecule has 1 aliphatic rings. The minimum Gasteiger partial charge on any atom is -0.355 e. The first-order chi connectivity index (χ1) is 22.1.